The first-order chi connectivity index (χ1) is 16.0. The van der Waals surface area contributed by atoms with Gasteiger partial charge in [-0.3, -0.25) is 4.79 Å². The number of hydrazone groups is 1. The number of carbonyl (C=O) groups excluding carboxylic acids is 2. The Hall–Kier alpha value is -3.65. The lowest BCUT2D eigenvalue weighted by Gasteiger charge is -2.09. The highest BCUT2D eigenvalue weighted by Crippen LogP contribution is 2.23. The van der Waals surface area contributed by atoms with Crippen LogP contribution in [0.3, 0.4) is 0 Å². The molecule has 0 saturated carbocycles. The predicted octanol–water partition coefficient (Wildman–Crippen LogP) is 5.23. The smallest absolute Gasteiger partial charge is 0.343 e. The zero-order valence-corrected chi connectivity index (χ0v) is 19.8. The Labute approximate surface area is 200 Å². The van der Waals surface area contributed by atoms with E-state index in [-0.39, 0.29) is 5.91 Å². The van der Waals surface area contributed by atoms with Gasteiger partial charge in [-0.15, -0.1) is 0 Å². The molecule has 8 heteroatoms. The van der Waals surface area contributed by atoms with E-state index in [4.69, 9.17) is 14.2 Å². The van der Waals surface area contributed by atoms with Crippen molar-refractivity contribution in [2.24, 2.45) is 5.10 Å². The van der Waals surface area contributed by atoms with Crippen molar-refractivity contribution in [2.75, 3.05) is 13.2 Å². The number of carbonyl (C=O) groups is 2. The minimum absolute atomic E-state index is 0.302. The molecule has 0 spiro atoms. The summed E-state index contributed by atoms with van der Waals surface area (Å²) in [6.45, 7) is 4.87. The van der Waals surface area contributed by atoms with Crippen molar-refractivity contribution in [1.82, 2.24) is 5.43 Å². The van der Waals surface area contributed by atoms with Crippen LogP contribution in [0.5, 0.6) is 17.2 Å². The summed E-state index contributed by atoms with van der Waals surface area (Å²) in [5.74, 6) is 0.765. The van der Waals surface area contributed by atoms with Crippen LogP contribution in [0, 0.1) is 0 Å². The molecule has 0 aromatic heterocycles. The fourth-order valence-electron chi connectivity index (χ4n) is 2.82. The van der Waals surface area contributed by atoms with Gasteiger partial charge < -0.3 is 14.2 Å². The highest BCUT2D eigenvalue weighted by Gasteiger charge is 2.12. The van der Waals surface area contributed by atoms with Crippen molar-refractivity contribution in [1.29, 1.82) is 0 Å². The molecule has 3 aromatic carbocycles. The van der Waals surface area contributed by atoms with E-state index in [1.54, 1.807) is 66.7 Å². The molecule has 170 valence electrons. The average Bonchev–Trinajstić information content (AvgIpc) is 2.82. The maximum atomic E-state index is 12.6. The molecule has 7 nitrogen and oxygen atoms in total. The van der Waals surface area contributed by atoms with Gasteiger partial charge in [0.25, 0.3) is 5.91 Å². The first-order valence-electron chi connectivity index (χ1n) is 10.3. The van der Waals surface area contributed by atoms with E-state index in [1.165, 1.54) is 6.21 Å². The Balaban J connectivity index is 1.68. The van der Waals surface area contributed by atoms with Crippen LogP contribution in [-0.2, 0) is 0 Å². The van der Waals surface area contributed by atoms with Gasteiger partial charge in [0.1, 0.15) is 17.2 Å². The molecule has 0 unspecified atom stereocenters. The van der Waals surface area contributed by atoms with E-state index < -0.39 is 5.97 Å². The second-order valence-electron chi connectivity index (χ2n) is 6.69. The van der Waals surface area contributed by atoms with Gasteiger partial charge in [0.2, 0.25) is 0 Å². The Bertz CT molecular complexity index is 1130. The highest BCUT2D eigenvalue weighted by atomic mass is 79.9. The summed E-state index contributed by atoms with van der Waals surface area (Å²) in [7, 11) is 0. The number of ether oxygens (including phenoxy) is 3. The lowest BCUT2D eigenvalue weighted by Crippen LogP contribution is -2.17. The van der Waals surface area contributed by atoms with E-state index >= 15 is 0 Å². The molecule has 0 fully saturated rings. The van der Waals surface area contributed by atoms with E-state index in [9.17, 15) is 9.59 Å². The lowest BCUT2D eigenvalue weighted by molar-refractivity contribution is 0.0734. The molecule has 0 saturated heterocycles. The number of amides is 1. The summed E-state index contributed by atoms with van der Waals surface area (Å²) in [6.07, 6.45) is 1.41. The standard InChI is InChI=1S/C25H23BrN2O5/c1-3-31-21-10-5-17(6-11-21)24(29)28-27-16-19-15-20(26)9-14-23(19)33-25(30)18-7-12-22(13-8-18)32-4-2/h5-16H,3-4H2,1-2H3,(H,28,29)/b27-16-. The van der Waals surface area contributed by atoms with Crippen LogP contribution < -0.4 is 19.6 Å². The second kappa shape index (κ2) is 11.8. The monoisotopic (exact) mass is 510 g/mol. The largest absolute Gasteiger partial charge is 0.494 e. The van der Waals surface area contributed by atoms with Gasteiger partial charge in [0.05, 0.1) is 25.0 Å². The molecule has 0 aliphatic rings. The molecule has 33 heavy (non-hydrogen) atoms. The SMILES string of the molecule is CCOc1ccc(C(=O)N/N=C\c2cc(Br)ccc2OC(=O)c2ccc(OCC)cc2)cc1. The van der Waals surface area contributed by atoms with Gasteiger partial charge in [-0.1, -0.05) is 15.9 Å². The van der Waals surface area contributed by atoms with Gasteiger partial charge in [0.15, 0.2) is 0 Å². The van der Waals surface area contributed by atoms with Gasteiger partial charge in [-0.05, 0) is 80.6 Å². The third-order valence-corrected chi connectivity index (χ3v) is 4.87. The molecule has 1 N–H and O–H groups in total. The third-order valence-electron chi connectivity index (χ3n) is 4.37. The van der Waals surface area contributed by atoms with Crippen molar-refractivity contribution in [2.45, 2.75) is 13.8 Å². The number of nitrogens with zero attached hydrogens (tertiary/aromatic N) is 1. The fourth-order valence-corrected chi connectivity index (χ4v) is 3.20. The third kappa shape index (κ3) is 6.92. The van der Waals surface area contributed by atoms with Crippen molar-refractivity contribution >= 4 is 34.0 Å². The summed E-state index contributed by atoms with van der Waals surface area (Å²) in [5.41, 5.74) is 3.80. The van der Waals surface area contributed by atoms with Crippen LogP contribution in [0.4, 0.5) is 0 Å². The van der Waals surface area contributed by atoms with Crippen LogP contribution >= 0.6 is 15.9 Å². The summed E-state index contributed by atoms with van der Waals surface area (Å²) >= 11 is 3.39. The van der Waals surface area contributed by atoms with Gasteiger partial charge in [-0.2, -0.15) is 5.10 Å². The molecule has 0 radical (unpaired) electrons. The maximum absolute atomic E-state index is 12.6. The van der Waals surface area contributed by atoms with E-state index in [1.807, 2.05) is 13.8 Å². The first-order valence-corrected chi connectivity index (χ1v) is 11.1. The van der Waals surface area contributed by atoms with Crippen LogP contribution in [0.15, 0.2) is 76.3 Å². The molecule has 1 amide bonds. The normalized spacial score (nSPS) is 10.6. The maximum Gasteiger partial charge on any atom is 0.343 e. The number of hydrogen-bond donors (Lipinski definition) is 1. The number of rotatable bonds is 9. The molecule has 0 heterocycles. The summed E-state index contributed by atoms with van der Waals surface area (Å²) in [5, 5.41) is 4.01. The summed E-state index contributed by atoms with van der Waals surface area (Å²) in [4.78, 5) is 24.9. The molecule has 3 aromatic rings. The van der Waals surface area contributed by atoms with E-state index in [2.05, 4.69) is 26.5 Å². The highest BCUT2D eigenvalue weighted by molar-refractivity contribution is 9.10. The van der Waals surface area contributed by atoms with Gasteiger partial charge in [-0.25, -0.2) is 10.2 Å². The number of halogens is 1. The first kappa shape index (κ1) is 24.0. The molecular formula is C25H23BrN2O5. The Morgan fingerprint density at radius 3 is 2.03 bits per heavy atom. The lowest BCUT2D eigenvalue weighted by atomic mass is 10.2. The Morgan fingerprint density at radius 2 is 1.45 bits per heavy atom. The number of esters is 1. The minimum atomic E-state index is -0.520. The predicted molar refractivity (Wildman–Crippen MR) is 129 cm³/mol. The Morgan fingerprint density at radius 1 is 0.879 bits per heavy atom. The van der Waals surface area contributed by atoms with Crippen LogP contribution in [0.25, 0.3) is 0 Å². The van der Waals surface area contributed by atoms with Gasteiger partial charge >= 0.3 is 5.97 Å². The van der Waals surface area contributed by atoms with Crippen LogP contribution in [0.1, 0.15) is 40.1 Å². The molecular weight excluding hydrogens is 488 g/mol. The minimum Gasteiger partial charge on any atom is -0.494 e. The molecule has 0 aliphatic carbocycles. The number of benzene rings is 3. The van der Waals surface area contributed by atoms with E-state index in [0.717, 1.165) is 4.47 Å². The second-order valence-corrected chi connectivity index (χ2v) is 7.60. The number of hydrogen-bond acceptors (Lipinski definition) is 6. The van der Waals surface area contributed by atoms with Gasteiger partial charge in [0, 0.05) is 15.6 Å². The van der Waals surface area contributed by atoms with Crippen LogP contribution in [-0.4, -0.2) is 31.3 Å². The van der Waals surface area contributed by atoms with Crippen molar-refractivity contribution in [3.63, 3.8) is 0 Å². The quantitative estimate of drug-likeness (QED) is 0.184. The molecule has 0 aliphatic heterocycles. The topological polar surface area (TPSA) is 86.2 Å². The van der Waals surface area contributed by atoms with Crippen molar-refractivity contribution < 1.29 is 23.8 Å². The number of nitrogens with one attached hydrogen (secondary N) is 1. The molecule has 0 bridgehead atoms. The summed E-state index contributed by atoms with van der Waals surface area (Å²) < 4.78 is 17.1. The van der Waals surface area contributed by atoms with Crippen LogP contribution in [0.2, 0.25) is 0 Å². The Kier molecular flexibility index (Phi) is 8.60. The van der Waals surface area contributed by atoms with Crippen molar-refractivity contribution in [3.8, 4) is 17.2 Å². The molecule has 0 atom stereocenters. The summed E-state index contributed by atoms with van der Waals surface area (Å²) in [6, 6.07) is 18.5. The zero-order valence-electron chi connectivity index (χ0n) is 18.2. The van der Waals surface area contributed by atoms with Crippen molar-refractivity contribution in [3.05, 3.63) is 87.9 Å². The molecule has 3 rings (SSSR count). The fraction of sp³-hybridized carbons (Fsp3) is 0.160. The van der Waals surface area contributed by atoms with E-state index in [0.29, 0.717) is 47.2 Å². The zero-order chi connectivity index (χ0) is 23.6. The average molecular weight is 511 g/mol.